The molecule has 1 unspecified atom stereocenters. The van der Waals surface area contributed by atoms with Crippen molar-refractivity contribution in [3.05, 3.63) is 17.5 Å². The van der Waals surface area contributed by atoms with E-state index in [2.05, 4.69) is 16.9 Å². The highest BCUT2D eigenvalue weighted by Crippen LogP contribution is 2.28. The molecule has 1 aromatic heterocycles. The van der Waals surface area contributed by atoms with Crippen LogP contribution >= 0.6 is 0 Å². The zero-order valence-corrected chi connectivity index (χ0v) is 13.2. The number of carbonyl (C=O) groups excluding carboxylic acids is 1. The molecule has 2 heterocycles. The number of ether oxygens (including phenoxy) is 2. The summed E-state index contributed by atoms with van der Waals surface area (Å²) < 4.78 is 12.4. The monoisotopic (exact) mass is 295 g/mol. The molecular formula is C15H25N3O3. The van der Waals surface area contributed by atoms with E-state index in [9.17, 15) is 4.79 Å². The maximum Gasteiger partial charge on any atom is 0.307 e. The van der Waals surface area contributed by atoms with E-state index in [-0.39, 0.29) is 12.0 Å². The van der Waals surface area contributed by atoms with E-state index >= 15 is 0 Å². The fourth-order valence-corrected chi connectivity index (χ4v) is 2.81. The van der Waals surface area contributed by atoms with Crippen LogP contribution < -0.4 is 0 Å². The third-order valence-electron chi connectivity index (χ3n) is 3.78. The molecule has 0 aliphatic carbocycles. The van der Waals surface area contributed by atoms with Crippen LogP contribution in [0.2, 0.25) is 0 Å². The maximum atomic E-state index is 12.0. The maximum absolute atomic E-state index is 12.0. The molecule has 1 aliphatic heterocycles. The number of aromatic nitrogens is 2. The Kier molecular flexibility index (Phi) is 5.76. The molecule has 1 aromatic rings. The molecule has 0 N–H and O–H groups in total. The minimum atomic E-state index is -0.153. The molecule has 2 rings (SSSR count). The summed E-state index contributed by atoms with van der Waals surface area (Å²) in [5.74, 6) is -0.153. The van der Waals surface area contributed by atoms with Gasteiger partial charge in [-0.3, -0.25) is 14.4 Å². The predicted octanol–water partition coefficient (Wildman–Crippen LogP) is 1.31. The second kappa shape index (κ2) is 7.56. The van der Waals surface area contributed by atoms with Crippen molar-refractivity contribution in [2.75, 3.05) is 32.9 Å². The molecule has 0 aromatic carbocycles. The number of morpholine rings is 1. The Balaban J connectivity index is 2.22. The van der Waals surface area contributed by atoms with Crippen LogP contribution in [0.5, 0.6) is 0 Å². The number of nitrogens with zero attached hydrogens (tertiary/aromatic N) is 3. The fraction of sp³-hybridized carbons (Fsp3) is 0.733. The van der Waals surface area contributed by atoms with Crippen molar-refractivity contribution in [1.29, 1.82) is 0 Å². The summed E-state index contributed by atoms with van der Waals surface area (Å²) in [6.07, 6.45) is 3.25. The molecule has 0 amide bonds. The minimum Gasteiger partial charge on any atom is -0.466 e. The fourth-order valence-electron chi connectivity index (χ4n) is 2.81. The Bertz CT molecular complexity index is 467. The standard InChI is InChI=1S/C15H25N3O3/c1-4-13-12(11-17(3)16-13)14(10-15(19)21-5-2)18-6-8-20-9-7-18/h11,14H,4-10H2,1-3H3. The van der Waals surface area contributed by atoms with Crippen LogP contribution in [0.1, 0.15) is 37.6 Å². The minimum absolute atomic E-state index is 0.0246. The lowest BCUT2D eigenvalue weighted by atomic mass is 10.0. The third-order valence-corrected chi connectivity index (χ3v) is 3.78. The van der Waals surface area contributed by atoms with Crippen molar-refractivity contribution in [3.63, 3.8) is 0 Å². The van der Waals surface area contributed by atoms with Crippen molar-refractivity contribution >= 4 is 5.97 Å². The van der Waals surface area contributed by atoms with Gasteiger partial charge in [-0.15, -0.1) is 0 Å². The Morgan fingerprint density at radius 1 is 1.43 bits per heavy atom. The third kappa shape index (κ3) is 4.04. The quantitative estimate of drug-likeness (QED) is 0.741. The van der Waals surface area contributed by atoms with Gasteiger partial charge in [-0.25, -0.2) is 0 Å². The van der Waals surface area contributed by atoms with E-state index in [1.165, 1.54) is 0 Å². The molecule has 0 saturated carbocycles. The highest BCUT2D eigenvalue weighted by molar-refractivity contribution is 5.70. The van der Waals surface area contributed by atoms with Crippen LogP contribution in [0.15, 0.2) is 6.20 Å². The summed E-state index contributed by atoms with van der Waals surface area (Å²) in [6.45, 7) is 7.43. The highest BCUT2D eigenvalue weighted by Gasteiger charge is 2.28. The Hall–Kier alpha value is -1.40. The SMILES string of the molecule is CCOC(=O)CC(c1cn(C)nc1CC)N1CCOCC1. The van der Waals surface area contributed by atoms with Crippen molar-refractivity contribution in [1.82, 2.24) is 14.7 Å². The van der Waals surface area contributed by atoms with E-state index in [1.54, 1.807) is 0 Å². The molecule has 1 aliphatic rings. The Morgan fingerprint density at radius 3 is 2.76 bits per heavy atom. The molecular weight excluding hydrogens is 270 g/mol. The van der Waals surface area contributed by atoms with E-state index in [1.807, 2.05) is 24.9 Å². The molecule has 0 spiro atoms. The van der Waals surface area contributed by atoms with Crippen LogP contribution in [0.3, 0.4) is 0 Å². The lowest BCUT2D eigenvalue weighted by Gasteiger charge is -2.34. The summed E-state index contributed by atoms with van der Waals surface area (Å²) in [6, 6.07) is 0.0246. The first kappa shape index (κ1) is 16.0. The van der Waals surface area contributed by atoms with Gasteiger partial charge in [0.05, 0.1) is 31.9 Å². The van der Waals surface area contributed by atoms with Crippen molar-refractivity contribution in [2.24, 2.45) is 7.05 Å². The summed E-state index contributed by atoms with van der Waals surface area (Å²) >= 11 is 0. The Labute approximate surface area is 126 Å². The van der Waals surface area contributed by atoms with E-state index < -0.39 is 0 Å². The average Bonchev–Trinajstić information content (AvgIpc) is 2.87. The van der Waals surface area contributed by atoms with Gasteiger partial charge in [0, 0.05) is 37.9 Å². The summed E-state index contributed by atoms with van der Waals surface area (Å²) in [5, 5.41) is 4.50. The number of hydrogen-bond acceptors (Lipinski definition) is 5. The predicted molar refractivity (Wildman–Crippen MR) is 79.0 cm³/mol. The highest BCUT2D eigenvalue weighted by atomic mass is 16.5. The topological polar surface area (TPSA) is 56.6 Å². The smallest absolute Gasteiger partial charge is 0.307 e. The first-order valence-corrected chi connectivity index (χ1v) is 7.65. The molecule has 6 heteroatoms. The molecule has 6 nitrogen and oxygen atoms in total. The molecule has 1 saturated heterocycles. The van der Waals surface area contributed by atoms with Gasteiger partial charge in [0.15, 0.2) is 0 Å². The molecule has 1 atom stereocenters. The van der Waals surface area contributed by atoms with Crippen LogP contribution in [0, 0.1) is 0 Å². The van der Waals surface area contributed by atoms with Gasteiger partial charge in [-0.1, -0.05) is 6.92 Å². The van der Waals surface area contributed by atoms with Crippen molar-refractivity contribution in [2.45, 2.75) is 32.7 Å². The van der Waals surface area contributed by atoms with Gasteiger partial charge >= 0.3 is 5.97 Å². The van der Waals surface area contributed by atoms with Crippen molar-refractivity contribution < 1.29 is 14.3 Å². The average molecular weight is 295 g/mol. The number of esters is 1. The van der Waals surface area contributed by atoms with Gasteiger partial charge < -0.3 is 9.47 Å². The number of aryl methyl sites for hydroxylation is 2. The van der Waals surface area contributed by atoms with Crippen molar-refractivity contribution in [3.8, 4) is 0 Å². The molecule has 0 bridgehead atoms. The van der Waals surface area contributed by atoms with Gasteiger partial charge in [-0.2, -0.15) is 5.10 Å². The van der Waals surface area contributed by atoms with Crippen LogP contribution in [0.25, 0.3) is 0 Å². The molecule has 21 heavy (non-hydrogen) atoms. The molecule has 118 valence electrons. The largest absolute Gasteiger partial charge is 0.466 e. The van der Waals surface area contributed by atoms with Gasteiger partial charge in [0.1, 0.15) is 0 Å². The van der Waals surface area contributed by atoms with Crippen LogP contribution in [-0.2, 0) is 27.7 Å². The molecule has 0 radical (unpaired) electrons. The lowest BCUT2D eigenvalue weighted by Crippen LogP contribution is -2.40. The molecule has 1 fully saturated rings. The lowest BCUT2D eigenvalue weighted by molar-refractivity contribution is -0.145. The van der Waals surface area contributed by atoms with Gasteiger partial charge in [0.2, 0.25) is 0 Å². The van der Waals surface area contributed by atoms with Crippen LogP contribution in [-0.4, -0.2) is 53.6 Å². The first-order valence-electron chi connectivity index (χ1n) is 7.65. The zero-order chi connectivity index (χ0) is 15.2. The van der Waals surface area contributed by atoms with Crippen LogP contribution in [0.4, 0.5) is 0 Å². The second-order valence-corrected chi connectivity index (χ2v) is 5.23. The van der Waals surface area contributed by atoms with E-state index in [4.69, 9.17) is 9.47 Å². The normalized spacial score (nSPS) is 17.7. The van der Waals surface area contributed by atoms with E-state index in [0.717, 1.165) is 30.8 Å². The zero-order valence-electron chi connectivity index (χ0n) is 13.2. The Morgan fingerprint density at radius 2 is 2.14 bits per heavy atom. The summed E-state index contributed by atoms with van der Waals surface area (Å²) in [5.41, 5.74) is 2.19. The van der Waals surface area contributed by atoms with Gasteiger partial charge in [-0.05, 0) is 13.3 Å². The first-order chi connectivity index (χ1) is 10.2. The summed E-state index contributed by atoms with van der Waals surface area (Å²) in [7, 11) is 1.92. The number of hydrogen-bond donors (Lipinski definition) is 0. The van der Waals surface area contributed by atoms with Gasteiger partial charge in [0.25, 0.3) is 0 Å². The second-order valence-electron chi connectivity index (χ2n) is 5.23. The number of carbonyl (C=O) groups is 1. The van der Waals surface area contributed by atoms with E-state index in [0.29, 0.717) is 26.2 Å². The summed E-state index contributed by atoms with van der Waals surface area (Å²) in [4.78, 5) is 14.3. The number of rotatable bonds is 6.